The van der Waals surface area contributed by atoms with Gasteiger partial charge in [0.25, 0.3) is 0 Å². The monoisotopic (exact) mass is 418 g/mol. The summed E-state index contributed by atoms with van der Waals surface area (Å²) in [6.07, 6.45) is 2.47. The Balaban J connectivity index is 1.45. The number of carbonyl (C=O) groups is 2. The fraction of sp³-hybridized carbons (Fsp3) is 0.652. The van der Waals surface area contributed by atoms with Crippen molar-refractivity contribution in [2.24, 2.45) is 5.92 Å². The molecule has 0 atom stereocenters. The molecule has 2 saturated heterocycles. The summed E-state index contributed by atoms with van der Waals surface area (Å²) < 4.78 is 13.2. The normalized spacial score (nSPS) is 19.1. The van der Waals surface area contributed by atoms with Gasteiger partial charge in [-0.05, 0) is 57.4 Å². The van der Waals surface area contributed by atoms with Crippen molar-refractivity contribution in [3.8, 4) is 0 Å². The molecule has 6 nitrogen and oxygen atoms in total. The van der Waals surface area contributed by atoms with Crippen molar-refractivity contribution in [3.63, 3.8) is 0 Å². The lowest BCUT2D eigenvalue weighted by Crippen LogP contribution is -2.47. The van der Waals surface area contributed by atoms with Crippen LogP contribution in [0.2, 0.25) is 0 Å². The third kappa shape index (κ3) is 5.72. The van der Waals surface area contributed by atoms with Gasteiger partial charge in [-0.15, -0.1) is 0 Å². The maximum Gasteiger partial charge on any atom is 0.236 e. The third-order valence-electron chi connectivity index (χ3n) is 6.46. The van der Waals surface area contributed by atoms with Gasteiger partial charge in [0, 0.05) is 64.0 Å². The minimum Gasteiger partial charge on any atom is -0.370 e. The fourth-order valence-corrected chi connectivity index (χ4v) is 4.25. The Labute approximate surface area is 179 Å². The summed E-state index contributed by atoms with van der Waals surface area (Å²) in [6, 6.07) is 6.83. The quantitative estimate of drug-likeness (QED) is 0.737. The lowest BCUT2D eigenvalue weighted by molar-refractivity contribution is -0.141. The van der Waals surface area contributed by atoms with Gasteiger partial charge in [0.1, 0.15) is 5.82 Å². The summed E-state index contributed by atoms with van der Waals surface area (Å²) in [5.74, 6) is 0.171. The predicted molar refractivity (Wildman–Crippen MR) is 117 cm³/mol. The molecular weight excluding hydrogens is 383 g/mol. The highest BCUT2D eigenvalue weighted by molar-refractivity contribution is 5.81. The first-order chi connectivity index (χ1) is 14.3. The predicted octanol–water partition coefficient (Wildman–Crippen LogP) is 2.44. The largest absolute Gasteiger partial charge is 0.370 e. The molecule has 1 aromatic rings. The van der Waals surface area contributed by atoms with E-state index in [9.17, 15) is 14.0 Å². The molecule has 2 aliphatic rings. The first kappa shape index (κ1) is 22.5. The average molecular weight is 419 g/mol. The standard InChI is InChI=1S/C23H35FN4O2/c1-18(2)25(3)23(30)19-9-13-28(14-10-19)22(29)17-26-11-4-12-27(16-15-26)21-7-5-20(24)6-8-21/h5-8,18-19H,4,9-17H2,1-3H3. The molecule has 1 aromatic carbocycles. The number of benzene rings is 1. The van der Waals surface area contributed by atoms with E-state index in [0.717, 1.165) is 51.1 Å². The lowest BCUT2D eigenvalue weighted by atomic mass is 9.95. The van der Waals surface area contributed by atoms with Gasteiger partial charge in [0.15, 0.2) is 0 Å². The molecule has 0 unspecified atom stereocenters. The van der Waals surface area contributed by atoms with Crippen LogP contribution < -0.4 is 4.90 Å². The van der Waals surface area contributed by atoms with Crippen molar-refractivity contribution in [1.82, 2.24) is 14.7 Å². The van der Waals surface area contributed by atoms with Crippen molar-refractivity contribution in [3.05, 3.63) is 30.1 Å². The molecular formula is C23H35FN4O2. The molecule has 166 valence electrons. The Morgan fingerprint density at radius 2 is 1.70 bits per heavy atom. The van der Waals surface area contributed by atoms with E-state index < -0.39 is 0 Å². The second kappa shape index (κ2) is 10.2. The first-order valence-electron chi connectivity index (χ1n) is 11.1. The number of halogens is 1. The number of hydrogen-bond donors (Lipinski definition) is 0. The van der Waals surface area contributed by atoms with Crippen LogP contribution in [-0.2, 0) is 9.59 Å². The van der Waals surface area contributed by atoms with Crippen LogP contribution >= 0.6 is 0 Å². The number of anilines is 1. The van der Waals surface area contributed by atoms with Crippen molar-refractivity contribution in [2.75, 3.05) is 57.8 Å². The minimum atomic E-state index is -0.220. The number of amides is 2. The van der Waals surface area contributed by atoms with E-state index in [0.29, 0.717) is 19.6 Å². The smallest absolute Gasteiger partial charge is 0.236 e. The van der Waals surface area contributed by atoms with Gasteiger partial charge in [-0.1, -0.05) is 0 Å². The van der Waals surface area contributed by atoms with Gasteiger partial charge < -0.3 is 14.7 Å². The highest BCUT2D eigenvalue weighted by atomic mass is 19.1. The molecule has 2 fully saturated rings. The van der Waals surface area contributed by atoms with Crippen LogP contribution in [0.25, 0.3) is 0 Å². The zero-order valence-corrected chi connectivity index (χ0v) is 18.5. The van der Waals surface area contributed by atoms with Gasteiger partial charge in [-0.3, -0.25) is 14.5 Å². The van der Waals surface area contributed by atoms with E-state index in [1.165, 1.54) is 12.1 Å². The van der Waals surface area contributed by atoms with Crippen LogP contribution in [0.5, 0.6) is 0 Å². The number of likely N-dealkylation sites (tertiary alicyclic amines) is 1. The number of piperidine rings is 1. The summed E-state index contributed by atoms with van der Waals surface area (Å²) in [7, 11) is 1.86. The Hall–Kier alpha value is -2.15. The molecule has 7 heteroatoms. The Morgan fingerprint density at radius 1 is 1.03 bits per heavy atom. The summed E-state index contributed by atoms with van der Waals surface area (Å²) in [6.45, 7) is 9.25. The van der Waals surface area contributed by atoms with Crippen LogP contribution in [0, 0.1) is 11.7 Å². The third-order valence-corrected chi connectivity index (χ3v) is 6.46. The molecule has 0 spiro atoms. The molecule has 0 N–H and O–H groups in total. The maximum absolute atomic E-state index is 13.2. The van der Waals surface area contributed by atoms with E-state index >= 15 is 0 Å². The second-order valence-electron chi connectivity index (χ2n) is 8.79. The molecule has 2 amide bonds. The maximum atomic E-state index is 13.2. The molecule has 0 bridgehead atoms. The molecule has 3 rings (SSSR count). The molecule has 0 aliphatic carbocycles. The molecule has 0 aromatic heterocycles. The highest BCUT2D eigenvalue weighted by Crippen LogP contribution is 2.21. The van der Waals surface area contributed by atoms with Crippen LogP contribution in [0.1, 0.15) is 33.1 Å². The number of rotatable bonds is 5. The van der Waals surface area contributed by atoms with Crippen molar-refractivity contribution < 1.29 is 14.0 Å². The zero-order valence-electron chi connectivity index (χ0n) is 18.5. The van der Waals surface area contributed by atoms with Crippen LogP contribution in [0.15, 0.2) is 24.3 Å². The van der Waals surface area contributed by atoms with Gasteiger partial charge in [0.05, 0.1) is 6.54 Å². The second-order valence-corrected chi connectivity index (χ2v) is 8.79. The van der Waals surface area contributed by atoms with E-state index in [1.807, 2.05) is 42.8 Å². The summed E-state index contributed by atoms with van der Waals surface area (Å²) in [5, 5.41) is 0. The van der Waals surface area contributed by atoms with E-state index in [4.69, 9.17) is 0 Å². The zero-order chi connectivity index (χ0) is 21.7. The van der Waals surface area contributed by atoms with E-state index in [2.05, 4.69) is 9.80 Å². The minimum absolute atomic E-state index is 0.0314. The molecule has 2 aliphatic heterocycles. The Bertz CT molecular complexity index is 716. The SMILES string of the molecule is CC(C)N(C)C(=O)C1CCN(C(=O)CN2CCCN(c3ccc(F)cc3)CC2)CC1. The van der Waals surface area contributed by atoms with Gasteiger partial charge in [-0.25, -0.2) is 4.39 Å². The molecule has 0 radical (unpaired) electrons. The first-order valence-corrected chi connectivity index (χ1v) is 11.1. The van der Waals surface area contributed by atoms with Crippen molar-refractivity contribution in [1.29, 1.82) is 0 Å². The Morgan fingerprint density at radius 3 is 2.33 bits per heavy atom. The fourth-order valence-electron chi connectivity index (χ4n) is 4.25. The molecule has 30 heavy (non-hydrogen) atoms. The Kier molecular flexibility index (Phi) is 7.69. The topological polar surface area (TPSA) is 47.1 Å². The van der Waals surface area contributed by atoms with Crippen LogP contribution in [-0.4, -0.2) is 85.4 Å². The molecule has 2 heterocycles. The number of carbonyl (C=O) groups excluding carboxylic acids is 2. The van der Waals surface area contributed by atoms with Gasteiger partial charge in [0.2, 0.25) is 11.8 Å². The number of nitrogens with zero attached hydrogens (tertiary/aromatic N) is 4. The summed E-state index contributed by atoms with van der Waals surface area (Å²) >= 11 is 0. The summed E-state index contributed by atoms with van der Waals surface area (Å²) in [5.41, 5.74) is 1.03. The number of hydrogen-bond acceptors (Lipinski definition) is 4. The lowest BCUT2D eigenvalue weighted by Gasteiger charge is -2.35. The van der Waals surface area contributed by atoms with Gasteiger partial charge in [-0.2, -0.15) is 0 Å². The van der Waals surface area contributed by atoms with Gasteiger partial charge >= 0.3 is 0 Å². The van der Waals surface area contributed by atoms with Crippen LogP contribution in [0.4, 0.5) is 10.1 Å². The molecule has 0 saturated carbocycles. The summed E-state index contributed by atoms with van der Waals surface area (Å²) in [4.78, 5) is 33.6. The van der Waals surface area contributed by atoms with Crippen molar-refractivity contribution >= 4 is 17.5 Å². The average Bonchev–Trinajstić information content (AvgIpc) is 2.99. The van der Waals surface area contributed by atoms with E-state index in [1.54, 1.807) is 0 Å². The van der Waals surface area contributed by atoms with Crippen LogP contribution in [0.3, 0.4) is 0 Å². The highest BCUT2D eigenvalue weighted by Gasteiger charge is 2.30. The van der Waals surface area contributed by atoms with Crippen molar-refractivity contribution in [2.45, 2.75) is 39.2 Å². The van der Waals surface area contributed by atoms with E-state index in [-0.39, 0.29) is 29.6 Å².